The van der Waals surface area contributed by atoms with Crippen LogP contribution in [0.25, 0.3) is 0 Å². The fourth-order valence-corrected chi connectivity index (χ4v) is 5.25. The zero-order valence-electron chi connectivity index (χ0n) is 13.2. The van der Waals surface area contributed by atoms with E-state index in [1.807, 2.05) is 6.92 Å². The van der Waals surface area contributed by atoms with Gasteiger partial charge in [-0.25, -0.2) is 4.98 Å². The maximum atomic E-state index is 12.5. The maximum Gasteiger partial charge on any atom is 0.279 e. The van der Waals surface area contributed by atoms with Crippen LogP contribution in [0.5, 0.6) is 0 Å². The Balaban J connectivity index is 1.52. The number of hydrogen-bond acceptors (Lipinski definition) is 3. The minimum atomic E-state index is -0.387. The molecule has 0 radical (unpaired) electrons. The topological polar surface area (TPSA) is 74.8 Å². The van der Waals surface area contributed by atoms with Crippen molar-refractivity contribution in [3.63, 3.8) is 0 Å². The van der Waals surface area contributed by atoms with Gasteiger partial charge in [-0.05, 0) is 63.2 Å². The summed E-state index contributed by atoms with van der Waals surface area (Å²) in [5.74, 6) is 2.80. The molecule has 1 aromatic rings. The van der Waals surface area contributed by atoms with Gasteiger partial charge in [-0.3, -0.25) is 9.59 Å². The summed E-state index contributed by atoms with van der Waals surface area (Å²) in [5.41, 5.74) is 1.04. The van der Waals surface area contributed by atoms with Crippen LogP contribution >= 0.6 is 0 Å². The molecule has 1 heterocycles. The third kappa shape index (κ3) is 2.02. The Morgan fingerprint density at radius 1 is 1.18 bits per heavy atom. The first-order valence-electron chi connectivity index (χ1n) is 8.43. The highest BCUT2D eigenvalue weighted by molar-refractivity contribution is 5.92. The molecule has 5 atom stereocenters. The molecule has 3 saturated carbocycles. The Bertz CT molecular complexity index is 681. The predicted molar refractivity (Wildman–Crippen MR) is 82.6 cm³/mol. The van der Waals surface area contributed by atoms with Crippen molar-refractivity contribution in [3.8, 4) is 0 Å². The number of amides is 1. The van der Waals surface area contributed by atoms with E-state index in [-0.39, 0.29) is 23.2 Å². The van der Waals surface area contributed by atoms with Gasteiger partial charge in [0.15, 0.2) is 5.69 Å². The summed E-state index contributed by atoms with van der Waals surface area (Å²) in [6.45, 7) is 3.60. The summed E-state index contributed by atoms with van der Waals surface area (Å²) in [5, 5.41) is 3.11. The lowest BCUT2D eigenvalue weighted by Gasteiger charge is -2.31. The molecule has 5 heteroatoms. The number of nitrogens with zero attached hydrogens (tertiary/aromatic N) is 1. The van der Waals surface area contributed by atoms with Crippen molar-refractivity contribution in [3.05, 3.63) is 27.4 Å². The van der Waals surface area contributed by atoms with Gasteiger partial charge < -0.3 is 10.3 Å². The molecule has 0 aromatic carbocycles. The van der Waals surface area contributed by atoms with Crippen LogP contribution in [0.1, 0.15) is 54.0 Å². The van der Waals surface area contributed by atoms with Crippen LogP contribution in [-0.4, -0.2) is 21.9 Å². The fourth-order valence-electron chi connectivity index (χ4n) is 5.25. The van der Waals surface area contributed by atoms with Crippen LogP contribution in [0.4, 0.5) is 0 Å². The number of rotatable bonds is 2. The summed E-state index contributed by atoms with van der Waals surface area (Å²) in [7, 11) is 0. The molecular formula is C17H23N3O2. The van der Waals surface area contributed by atoms with Crippen molar-refractivity contribution >= 4 is 5.91 Å². The number of H-pyrrole nitrogens is 1. The lowest BCUT2D eigenvalue weighted by Crippen LogP contribution is -2.44. The molecule has 3 fully saturated rings. The van der Waals surface area contributed by atoms with Gasteiger partial charge in [-0.1, -0.05) is 6.42 Å². The molecule has 0 spiro atoms. The second kappa shape index (κ2) is 4.93. The molecule has 1 aromatic heterocycles. The van der Waals surface area contributed by atoms with E-state index >= 15 is 0 Å². The van der Waals surface area contributed by atoms with Crippen molar-refractivity contribution < 1.29 is 4.79 Å². The molecule has 4 rings (SSSR count). The van der Waals surface area contributed by atoms with Gasteiger partial charge >= 0.3 is 0 Å². The standard InChI is InChI=1S/C17H23N3O2/c1-8-9(2)19-16(21)15(18-8)17(22)20-14-7-10-6-13(14)12-5-3-4-11(10)12/h10-14H,3-7H2,1-2H3,(H,19,21)(H,20,22)/t10-,11-,12+,13+,14-/m1/s1. The molecule has 5 nitrogen and oxygen atoms in total. The molecule has 3 aliphatic carbocycles. The average molecular weight is 301 g/mol. The highest BCUT2D eigenvalue weighted by Crippen LogP contribution is 2.58. The van der Waals surface area contributed by atoms with Crippen LogP contribution in [0.15, 0.2) is 4.79 Å². The van der Waals surface area contributed by atoms with E-state index in [0.717, 1.165) is 29.9 Å². The average Bonchev–Trinajstić information content (AvgIpc) is 3.14. The second-order valence-corrected chi connectivity index (χ2v) is 7.36. The molecule has 1 amide bonds. The highest BCUT2D eigenvalue weighted by atomic mass is 16.2. The minimum Gasteiger partial charge on any atom is -0.347 e. The van der Waals surface area contributed by atoms with Gasteiger partial charge in [0.05, 0.1) is 5.69 Å². The Hall–Kier alpha value is -1.65. The molecule has 3 aliphatic rings. The van der Waals surface area contributed by atoms with Crippen molar-refractivity contribution in [2.75, 3.05) is 0 Å². The smallest absolute Gasteiger partial charge is 0.279 e. The number of aromatic amines is 1. The molecule has 2 bridgehead atoms. The SMILES string of the molecule is Cc1nc(C(=O)N[C@@H]2C[C@H]3C[C@H]2[C@H]2CCC[C@H]32)c(=O)[nH]c1C. The number of carbonyl (C=O) groups excluding carboxylic acids is 1. The number of nitrogens with one attached hydrogen (secondary N) is 2. The highest BCUT2D eigenvalue weighted by Gasteiger charge is 2.54. The number of aryl methyl sites for hydroxylation is 2. The first kappa shape index (κ1) is 14.0. The van der Waals surface area contributed by atoms with Crippen LogP contribution in [0.3, 0.4) is 0 Å². The molecule has 22 heavy (non-hydrogen) atoms. The molecular weight excluding hydrogens is 278 g/mol. The lowest BCUT2D eigenvalue weighted by atomic mass is 9.79. The first-order valence-corrected chi connectivity index (χ1v) is 8.43. The van der Waals surface area contributed by atoms with Gasteiger partial charge in [-0.15, -0.1) is 0 Å². The normalized spacial score (nSPS) is 35.6. The van der Waals surface area contributed by atoms with Crippen molar-refractivity contribution in [2.45, 2.75) is 52.0 Å². The summed E-state index contributed by atoms with van der Waals surface area (Å²) in [6, 6.07) is 0.236. The Morgan fingerprint density at radius 3 is 2.77 bits per heavy atom. The monoisotopic (exact) mass is 301 g/mol. The summed E-state index contributed by atoms with van der Waals surface area (Å²) >= 11 is 0. The molecule has 2 N–H and O–H groups in total. The maximum absolute atomic E-state index is 12.5. The van der Waals surface area contributed by atoms with Crippen LogP contribution in [-0.2, 0) is 0 Å². The second-order valence-electron chi connectivity index (χ2n) is 7.36. The van der Waals surface area contributed by atoms with E-state index in [9.17, 15) is 9.59 Å². The van der Waals surface area contributed by atoms with Crippen molar-refractivity contribution in [1.29, 1.82) is 0 Å². The first-order chi connectivity index (χ1) is 10.5. The van der Waals surface area contributed by atoms with Crippen LogP contribution < -0.4 is 10.9 Å². The van der Waals surface area contributed by atoms with Gasteiger partial charge in [0.1, 0.15) is 0 Å². The number of fused-ring (bicyclic) bond motifs is 5. The van der Waals surface area contributed by atoms with E-state index in [2.05, 4.69) is 15.3 Å². The number of aromatic nitrogens is 2. The Kier molecular flexibility index (Phi) is 3.13. The molecule has 0 unspecified atom stereocenters. The van der Waals surface area contributed by atoms with Crippen LogP contribution in [0, 0.1) is 37.5 Å². The van der Waals surface area contributed by atoms with E-state index in [0.29, 0.717) is 11.6 Å². The van der Waals surface area contributed by atoms with E-state index in [4.69, 9.17) is 0 Å². The van der Waals surface area contributed by atoms with Gasteiger partial charge in [-0.2, -0.15) is 0 Å². The minimum absolute atomic E-state index is 0.00819. The van der Waals surface area contributed by atoms with E-state index in [1.54, 1.807) is 6.92 Å². The summed E-state index contributed by atoms with van der Waals surface area (Å²) in [6.07, 6.45) is 6.39. The Morgan fingerprint density at radius 2 is 1.95 bits per heavy atom. The fraction of sp³-hybridized carbons (Fsp3) is 0.706. The van der Waals surface area contributed by atoms with E-state index < -0.39 is 0 Å². The largest absolute Gasteiger partial charge is 0.347 e. The van der Waals surface area contributed by atoms with Gasteiger partial charge in [0.2, 0.25) is 0 Å². The quantitative estimate of drug-likeness (QED) is 0.876. The zero-order chi connectivity index (χ0) is 15.4. The van der Waals surface area contributed by atoms with E-state index in [1.165, 1.54) is 25.7 Å². The van der Waals surface area contributed by atoms with Gasteiger partial charge in [0.25, 0.3) is 11.5 Å². The molecule has 118 valence electrons. The number of carbonyl (C=O) groups is 1. The molecule has 0 aliphatic heterocycles. The third-order valence-corrected chi connectivity index (χ3v) is 6.30. The molecule has 0 saturated heterocycles. The van der Waals surface area contributed by atoms with Gasteiger partial charge in [0, 0.05) is 11.7 Å². The zero-order valence-corrected chi connectivity index (χ0v) is 13.2. The van der Waals surface area contributed by atoms with Crippen molar-refractivity contribution in [2.24, 2.45) is 23.7 Å². The third-order valence-electron chi connectivity index (χ3n) is 6.30. The van der Waals surface area contributed by atoms with Crippen LogP contribution in [0.2, 0.25) is 0 Å². The number of hydrogen-bond donors (Lipinski definition) is 2. The predicted octanol–water partition coefficient (Wildman–Crippen LogP) is 1.94. The van der Waals surface area contributed by atoms with Crippen molar-refractivity contribution in [1.82, 2.24) is 15.3 Å². The summed E-state index contributed by atoms with van der Waals surface area (Å²) < 4.78 is 0. The lowest BCUT2D eigenvalue weighted by molar-refractivity contribution is 0.0894. The Labute approximate surface area is 129 Å². The summed E-state index contributed by atoms with van der Waals surface area (Å²) in [4.78, 5) is 31.3.